The summed E-state index contributed by atoms with van der Waals surface area (Å²) in [7, 11) is 1.94. The Balaban J connectivity index is 2.89. The van der Waals surface area contributed by atoms with Crippen molar-refractivity contribution >= 4 is 5.78 Å². The lowest BCUT2D eigenvalue weighted by Crippen LogP contribution is -2.07. The zero-order valence-electron chi connectivity index (χ0n) is 10.4. The van der Waals surface area contributed by atoms with E-state index in [2.05, 4.69) is 33.9 Å². The molecule has 0 aliphatic rings. The maximum absolute atomic E-state index is 11.9. The van der Waals surface area contributed by atoms with Gasteiger partial charge in [-0.15, -0.1) is 0 Å². The average molecular weight is 207 g/mol. The number of aromatic nitrogens is 1. The van der Waals surface area contributed by atoms with Crippen LogP contribution in [0.5, 0.6) is 0 Å². The van der Waals surface area contributed by atoms with E-state index >= 15 is 0 Å². The van der Waals surface area contributed by atoms with Gasteiger partial charge >= 0.3 is 0 Å². The van der Waals surface area contributed by atoms with Crippen molar-refractivity contribution in [3.63, 3.8) is 0 Å². The van der Waals surface area contributed by atoms with Gasteiger partial charge in [0.05, 0.1) is 5.69 Å². The van der Waals surface area contributed by atoms with Crippen molar-refractivity contribution in [3.05, 3.63) is 23.5 Å². The summed E-state index contributed by atoms with van der Waals surface area (Å²) < 4.78 is 1.94. The first-order chi connectivity index (χ1) is 6.91. The van der Waals surface area contributed by atoms with Gasteiger partial charge in [-0.25, -0.2) is 0 Å². The molecule has 0 unspecified atom stereocenters. The van der Waals surface area contributed by atoms with E-state index in [-0.39, 0.29) is 5.78 Å². The van der Waals surface area contributed by atoms with Crippen LogP contribution in [0.15, 0.2) is 12.3 Å². The Bertz CT molecular complexity index is 347. The topological polar surface area (TPSA) is 22.0 Å². The highest BCUT2D eigenvalue weighted by molar-refractivity contribution is 5.95. The predicted molar refractivity (Wildman–Crippen MR) is 63.3 cm³/mol. The van der Waals surface area contributed by atoms with Gasteiger partial charge in [-0.2, -0.15) is 0 Å². The number of rotatable bonds is 4. The molecule has 0 aromatic carbocycles. The molecule has 0 bridgehead atoms. The van der Waals surface area contributed by atoms with Crippen LogP contribution in [0, 0.1) is 5.92 Å². The Morgan fingerprint density at radius 1 is 1.33 bits per heavy atom. The Labute approximate surface area is 92.3 Å². The quantitative estimate of drug-likeness (QED) is 0.694. The van der Waals surface area contributed by atoms with Gasteiger partial charge in [0.2, 0.25) is 0 Å². The standard InChI is InChI=1S/C13H21NO/c1-9(2)6-13(15)12-7-11(10(3)4)8-14(12)5/h7-10H,6H2,1-5H3. The molecule has 0 saturated heterocycles. The van der Waals surface area contributed by atoms with E-state index in [4.69, 9.17) is 0 Å². The maximum Gasteiger partial charge on any atom is 0.179 e. The fraction of sp³-hybridized carbons (Fsp3) is 0.615. The summed E-state index contributed by atoms with van der Waals surface area (Å²) in [5, 5.41) is 0. The summed E-state index contributed by atoms with van der Waals surface area (Å²) in [6.45, 7) is 8.44. The van der Waals surface area contributed by atoms with Gasteiger partial charge in [-0.3, -0.25) is 4.79 Å². The van der Waals surface area contributed by atoms with Gasteiger partial charge < -0.3 is 4.57 Å². The number of hydrogen-bond donors (Lipinski definition) is 0. The molecule has 0 radical (unpaired) electrons. The summed E-state index contributed by atoms with van der Waals surface area (Å²) in [6, 6.07) is 2.02. The van der Waals surface area contributed by atoms with E-state index < -0.39 is 0 Å². The Kier molecular flexibility index (Phi) is 3.72. The first kappa shape index (κ1) is 12.0. The first-order valence-electron chi connectivity index (χ1n) is 5.61. The van der Waals surface area contributed by atoms with Crippen LogP contribution in [-0.2, 0) is 7.05 Å². The molecule has 0 N–H and O–H groups in total. The minimum Gasteiger partial charge on any atom is -0.348 e. The second-order valence-electron chi connectivity index (χ2n) is 4.95. The highest BCUT2D eigenvalue weighted by Crippen LogP contribution is 2.19. The minimum absolute atomic E-state index is 0.249. The third kappa shape index (κ3) is 2.95. The van der Waals surface area contributed by atoms with Gasteiger partial charge in [0.1, 0.15) is 0 Å². The Morgan fingerprint density at radius 2 is 1.93 bits per heavy atom. The van der Waals surface area contributed by atoms with Crippen molar-refractivity contribution < 1.29 is 4.79 Å². The van der Waals surface area contributed by atoms with Crippen LogP contribution in [0.4, 0.5) is 0 Å². The number of carbonyl (C=O) groups excluding carboxylic acids is 1. The van der Waals surface area contributed by atoms with Gasteiger partial charge in [0, 0.05) is 19.7 Å². The summed E-state index contributed by atoms with van der Waals surface area (Å²) in [6.07, 6.45) is 2.69. The van der Waals surface area contributed by atoms with Gasteiger partial charge in [0.25, 0.3) is 0 Å². The monoisotopic (exact) mass is 207 g/mol. The third-order valence-corrected chi connectivity index (χ3v) is 2.57. The van der Waals surface area contributed by atoms with Crippen LogP contribution in [0.3, 0.4) is 0 Å². The van der Waals surface area contributed by atoms with Crippen molar-refractivity contribution in [1.29, 1.82) is 0 Å². The fourth-order valence-electron chi connectivity index (χ4n) is 1.66. The van der Waals surface area contributed by atoms with E-state index in [1.165, 1.54) is 5.56 Å². The second-order valence-corrected chi connectivity index (χ2v) is 4.95. The molecular weight excluding hydrogens is 186 g/mol. The van der Waals surface area contributed by atoms with Crippen molar-refractivity contribution in [2.24, 2.45) is 13.0 Å². The molecule has 2 heteroatoms. The predicted octanol–water partition coefficient (Wildman–Crippen LogP) is 3.38. The van der Waals surface area contributed by atoms with E-state index in [1.807, 2.05) is 17.7 Å². The van der Waals surface area contributed by atoms with Crippen molar-refractivity contribution in [1.82, 2.24) is 4.57 Å². The number of ketones is 1. The molecule has 1 heterocycles. The number of aryl methyl sites for hydroxylation is 1. The smallest absolute Gasteiger partial charge is 0.179 e. The molecule has 2 nitrogen and oxygen atoms in total. The van der Waals surface area contributed by atoms with E-state index in [9.17, 15) is 4.79 Å². The Morgan fingerprint density at radius 3 is 2.33 bits per heavy atom. The summed E-state index contributed by atoms with van der Waals surface area (Å²) in [4.78, 5) is 11.9. The molecule has 84 valence electrons. The highest BCUT2D eigenvalue weighted by atomic mass is 16.1. The number of carbonyl (C=O) groups is 1. The zero-order valence-corrected chi connectivity index (χ0v) is 10.4. The molecule has 1 aromatic rings. The molecule has 0 aliphatic heterocycles. The molecule has 0 atom stereocenters. The van der Waals surface area contributed by atoms with Crippen LogP contribution in [0.1, 0.15) is 56.1 Å². The third-order valence-electron chi connectivity index (χ3n) is 2.57. The second kappa shape index (κ2) is 4.65. The van der Waals surface area contributed by atoms with Crippen LogP contribution < -0.4 is 0 Å². The molecular formula is C13H21NO. The maximum atomic E-state index is 11.9. The number of Topliss-reactive ketones (excluding diaryl/α,β-unsaturated/α-hetero) is 1. The zero-order chi connectivity index (χ0) is 11.6. The molecule has 0 saturated carbocycles. The molecule has 0 fully saturated rings. The highest BCUT2D eigenvalue weighted by Gasteiger charge is 2.14. The van der Waals surface area contributed by atoms with Crippen molar-refractivity contribution in [3.8, 4) is 0 Å². The molecule has 1 aromatic heterocycles. The van der Waals surface area contributed by atoms with Crippen LogP contribution in [0.2, 0.25) is 0 Å². The SMILES string of the molecule is CC(C)CC(=O)c1cc(C(C)C)cn1C. The fourth-order valence-corrected chi connectivity index (χ4v) is 1.66. The van der Waals surface area contributed by atoms with Gasteiger partial charge in [-0.1, -0.05) is 27.7 Å². The van der Waals surface area contributed by atoms with Crippen molar-refractivity contribution in [2.75, 3.05) is 0 Å². The van der Waals surface area contributed by atoms with Gasteiger partial charge in [-0.05, 0) is 23.5 Å². The summed E-state index contributed by atoms with van der Waals surface area (Å²) in [5.74, 6) is 1.16. The lowest BCUT2D eigenvalue weighted by Gasteiger charge is -2.04. The largest absolute Gasteiger partial charge is 0.348 e. The molecule has 0 aliphatic carbocycles. The normalized spacial score (nSPS) is 11.4. The Hall–Kier alpha value is -1.05. The number of nitrogens with zero attached hydrogens (tertiary/aromatic N) is 1. The van der Waals surface area contributed by atoms with Crippen molar-refractivity contribution in [2.45, 2.75) is 40.0 Å². The van der Waals surface area contributed by atoms with Gasteiger partial charge in [0.15, 0.2) is 5.78 Å². The molecule has 1 rings (SSSR count). The minimum atomic E-state index is 0.249. The van der Waals surface area contributed by atoms with E-state index in [0.717, 1.165) is 5.69 Å². The van der Waals surface area contributed by atoms with Crippen LogP contribution in [-0.4, -0.2) is 10.4 Å². The summed E-state index contributed by atoms with van der Waals surface area (Å²) >= 11 is 0. The number of hydrogen-bond acceptors (Lipinski definition) is 1. The van der Waals surface area contributed by atoms with E-state index in [0.29, 0.717) is 18.3 Å². The molecule has 0 spiro atoms. The lowest BCUT2D eigenvalue weighted by molar-refractivity contribution is 0.0960. The van der Waals surface area contributed by atoms with Crippen LogP contribution >= 0.6 is 0 Å². The molecule has 0 amide bonds. The van der Waals surface area contributed by atoms with Crippen LogP contribution in [0.25, 0.3) is 0 Å². The average Bonchev–Trinajstić information content (AvgIpc) is 2.46. The lowest BCUT2D eigenvalue weighted by atomic mass is 10.0. The molecule has 15 heavy (non-hydrogen) atoms. The summed E-state index contributed by atoms with van der Waals surface area (Å²) in [5.41, 5.74) is 2.08. The van der Waals surface area contributed by atoms with E-state index in [1.54, 1.807) is 0 Å². The first-order valence-corrected chi connectivity index (χ1v) is 5.61.